The van der Waals surface area contributed by atoms with Crippen LogP contribution in [0.3, 0.4) is 0 Å². The first-order chi connectivity index (χ1) is 13.7. The van der Waals surface area contributed by atoms with E-state index in [-0.39, 0.29) is 0 Å². The molecule has 3 aromatic rings. The molecule has 1 aliphatic carbocycles. The minimum absolute atomic E-state index is 0.422. The molecule has 28 heavy (non-hydrogen) atoms. The van der Waals surface area contributed by atoms with Crippen LogP contribution in [-0.4, -0.2) is 35.5 Å². The van der Waals surface area contributed by atoms with Crippen molar-refractivity contribution in [2.45, 2.75) is 50.8 Å². The van der Waals surface area contributed by atoms with Crippen LogP contribution in [-0.2, 0) is 6.54 Å². The number of aliphatic hydroxyl groups excluding tert-OH is 1. The number of para-hydroxylation sites is 1. The highest BCUT2D eigenvalue weighted by atomic mass is 16.5. The molecule has 1 heterocycles. The molecule has 2 N–H and O–H groups in total. The summed E-state index contributed by atoms with van der Waals surface area (Å²) in [5.74, 6) is 0.850. The molecular weight excluding hydrogens is 348 g/mol. The Hall–Kier alpha value is -2.30. The highest BCUT2D eigenvalue weighted by Crippen LogP contribution is 2.30. The third-order valence-electron chi connectivity index (χ3n) is 5.84. The SMILES string of the molecule is COc1ccc(-c2cc3ccccc3n2CC(O)CNC2CCCCC2)cc1. The number of rotatable bonds is 7. The maximum absolute atomic E-state index is 10.8. The Bertz CT molecular complexity index is 895. The first-order valence-electron chi connectivity index (χ1n) is 10.4. The average Bonchev–Trinajstić information content (AvgIpc) is 3.11. The molecule has 0 aliphatic heterocycles. The van der Waals surface area contributed by atoms with E-state index in [2.05, 4.69) is 52.3 Å². The molecule has 1 unspecified atom stereocenters. The van der Waals surface area contributed by atoms with Gasteiger partial charge in [-0.3, -0.25) is 0 Å². The molecule has 1 saturated carbocycles. The van der Waals surface area contributed by atoms with E-state index in [1.54, 1.807) is 7.11 Å². The van der Waals surface area contributed by atoms with Crippen LogP contribution >= 0.6 is 0 Å². The Kier molecular flexibility index (Phi) is 5.98. The second kappa shape index (κ2) is 8.80. The van der Waals surface area contributed by atoms with Crippen molar-refractivity contribution in [1.82, 2.24) is 9.88 Å². The molecule has 0 amide bonds. The van der Waals surface area contributed by atoms with Gasteiger partial charge in [0, 0.05) is 29.2 Å². The van der Waals surface area contributed by atoms with Crippen LogP contribution in [0.2, 0.25) is 0 Å². The van der Waals surface area contributed by atoms with Crippen molar-refractivity contribution in [3.8, 4) is 17.0 Å². The van der Waals surface area contributed by atoms with Gasteiger partial charge in [0.15, 0.2) is 0 Å². The molecule has 1 fully saturated rings. The van der Waals surface area contributed by atoms with Crippen molar-refractivity contribution in [2.24, 2.45) is 0 Å². The molecule has 4 rings (SSSR count). The largest absolute Gasteiger partial charge is 0.497 e. The number of aromatic nitrogens is 1. The number of aliphatic hydroxyl groups is 1. The molecule has 0 bridgehead atoms. The van der Waals surface area contributed by atoms with E-state index < -0.39 is 6.10 Å². The molecule has 0 saturated heterocycles. The Morgan fingerprint density at radius 2 is 1.82 bits per heavy atom. The number of methoxy groups -OCH3 is 1. The van der Waals surface area contributed by atoms with Gasteiger partial charge in [-0.05, 0) is 54.8 Å². The van der Waals surface area contributed by atoms with Crippen molar-refractivity contribution in [3.63, 3.8) is 0 Å². The summed E-state index contributed by atoms with van der Waals surface area (Å²) in [5, 5.41) is 15.5. The molecule has 1 aromatic heterocycles. The Morgan fingerprint density at radius 3 is 2.57 bits per heavy atom. The molecule has 0 radical (unpaired) electrons. The van der Waals surface area contributed by atoms with Gasteiger partial charge in [-0.2, -0.15) is 0 Å². The lowest BCUT2D eigenvalue weighted by Gasteiger charge is -2.25. The summed E-state index contributed by atoms with van der Waals surface area (Å²) in [6.45, 7) is 1.22. The number of nitrogens with zero attached hydrogens (tertiary/aromatic N) is 1. The number of hydrogen-bond acceptors (Lipinski definition) is 3. The molecule has 4 nitrogen and oxygen atoms in total. The molecule has 2 aromatic carbocycles. The maximum atomic E-state index is 10.8. The van der Waals surface area contributed by atoms with E-state index in [1.165, 1.54) is 37.5 Å². The minimum Gasteiger partial charge on any atom is -0.497 e. The van der Waals surface area contributed by atoms with Crippen LogP contribution in [0.4, 0.5) is 0 Å². The molecular formula is C24H30N2O2. The van der Waals surface area contributed by atoms with Gasteiger partial charge in [0.05, 0.1) is 19.8 Å². The van der Waals surface area contributed by atoms with E-state index in [0.29, 0.717) is 19.1 Å². The number of nitrogens with one attached hydrogen (secondary N) is 1. The van der Waals surface area contributed by atoms with Crippen LogP contribution in [0.25, 0.3) is 22.2 Å². The minimum atomic E-state index is -0.422. The molecule has 1 aliphatic rings. The first-order valence-corrected chi connectivity index (χ1v) is 10.4. The molecule has 1 atom stereocenters. The quantitative estimate of drug-likeness (QED) is 0.632. The van der Waals surface area contributed by atoms with Gasteiger partial charge in [-0.1, -0.05) is 37.5 Å². The van der Waals surface area contributed by atoms with Gasteiger partial charge in [0.1, 0.15) is 5.75 Å². The molecule has 4 heteroatoms. The monoisotopic (exact) mass is 378 g/mol. The van der Waals surface area contributed by atoms with Gasteiger partial charge in [0.2, 0.25) is 0 Å². The fraction of sp³-hybridized carbons (Fsp3) is 0.417. The summed E-state index contributed by atoms with van der Waals surface area (Å²) in [4.78, 5) is 0. The Labute approximate surface area is 167 Å². The third-order valence-corrected chi connectivity index (χ3v) is 5.84. The Morgan fingerprint density at radius 1 is 1.07 bits per heavy atom. The zero-order valence-corrected chi connectivity index (χ0v) is 16.6. The second-order valence-corrected chi connectivity index (χ2v) is 7.82. The van der Waals surface area contributed by atoms with Crippen LogP contribution in [0.1, 0.15) is 32.1 Å². The topological polar surface area (TPSA) is 46.4 Å². The molecule has 148 valence electrons. The maximum Gasteiger partial charge on any atom is 0.118 e. The van der Waals surface area contributed by atoms with Crippen molar-refractivity contribution in [2.75, 3.05) is 13.7 Å². The summed E-state index contributed by atoms with van der Waals surface area (Å²) in [6.07, 6.45) is 6.00. The summed E-state index contributed by atoms with van der Waals surface area (Å²) in [7, 11) is 1.68. The standard InChI is InChI=1S/C24H30N2O2/c1-28-22-13-11-18(12-14-22)24-15-19-7-5-6-10-23(19)26(24)17-21(27)16-25-20-8-3-2-4-9-20/h5-7,10-15,20-21,25,27H,2-4,8-9,16-17H2,1H3. The van der Waals surface area contributed by atoms with Crippen molar-refractivity contribution in [1.29, 1.82) is 0 Å². The molecule has 0 spiro atoms. The van der Waals surface area contributed by atoms with Gasteiger partial charge in [-0.15, -0.1) is 0 Å². The summed E-state index contributed by atoms with van der Waals surface area (Å²) in [5.41, 5.74) is 3.41. The number of benzene rings is 2. The van der Waals surface area contributed by atoms with E-state index >= 15 is 0 Å². The zero-order chi connectivity index (χ0) is 19.3. The van der Waals surface area contributed by atoms with Gasteiger partial charge < -0.3 is 19.7 Å². The van der Waals surface area contributed by atoms with Crippen LogP contribution in [0.15, 0.2) is 54.6 Å². The lowest BCUT2D eigenvalue weighted by molar-refractivity contribution is 0.146. The fourth-order valence-electron chi connectivity index (χ4n) is 4.29. The number of hydrogen-bond donors (Lipinski definition) is 2. The van der Waals surface area contributed by atoms with Crippen LogP contribution < -0.4 is 10.1 Å². The van der Waals surface area contributed by atoms with Crippen molar-refractivity contribution >= 4 is 10.9 Å². The first kappa shape index (κ1) is 19.0. The summed E-state index contributed by atoms with van der Waals surface area (Å²) in [6, 6.07) is 19.3. The Balaban J connectivity index is 1.55. The van der Waals surface area contributed by atoms with Gasteiger partial charge in [-0.25, -0.2) is 0 Å². The van der Waals surface area contributed by atoms with Crippen molar-refractivity contribution in [3.05, 3.63) is 54.6 Å². The predicted molar refractivity (Wildman–Crippen MR) is 115 cm³/mol. The third kappa shape index (κ3) is 4.23. The van der Waals surface area contributed by atoms with E-state index in [9.17, 15) is 5.11 Å². The highest BCUT2D eigenvalue weighted by molar-refractivity contribution is 5.87. The average molecular weight is 379 g/mol. The zero-order valence-electron chi connectivity index (χ0n) is 16.6. The van der Waals surface area contributed by atoms with Crippen molar-refractivity contribution < 1.29 is 9.84 Å². The summed E-state index contributed by atoms with van der Waals surface area (Å²) >= 11 is 0. The van der Waals surface area contributed by atoms with Gasteiger partial charge in [0.25, 0.3) is 0 Å². The summed E-state index contributed by atoms with van der Waals surface area (Å²) < 4.78 is 7.53. The normalized spacial score (nSPS) is 16.4. The lowest BCUT2D eigenvalue weighted by Crippen LogP contribution is -2.38. The highest BCUT2D eigenvalue weighted by Gasteiger charge is 2.17. The van der Waals surface area contributed by atoms with Crippen LogP contribution in [0.5, 0.6) is 5.75 Å². The fourth-order valence-corrected chi connectivity index (χ4v) is 4.29. The van der Waals surface area contributed by atoms with E-state index in [4.69, 9.17) is 4.74 Å². The van der Waals surface area contributed by atoms with Gasteiger partial charge >= 0.3 is 0 Å². The van der Waals surface area contributed by atoms with Crippen LogP contribution in [0, 0.1) is 0 Å². The predicted octanol–water partition coefficient (Wildman–Crippen LogP) is 4.60. The van der Waals surface area contributed by atoms with E-state index in [0.717, 1.165) is 22.5 Å². The lowest BCUT2D eigenvalue weighted by atomic mass is 9.95. The number of ether oxygens (including phenoxy) is 1. The van der Waals surface area contributed by atoms with E-state index in [1.807, 2.05) is 12.1 Å². The second-order valence-electron chi connectivity index (χ2n) is 7.82. The smallest absolute Gasteiger partial charge is 0.118 e. The number of fused-ring (bicyclic) bond motifs is 1.